The summed E-state index contributed by atoms with van der Waals surface area (Å²) in [5.41, 5.74) is 2.74. The number of rotatable bonds is 7. The lowest BCUT2D eigenvalue weighted by molar-refractivity contribution is -0.107. The van der Waals surface area contributed by atoms with Gasteiger partial charge in [0, 0.05) is 25.5 Å². The van der Waals surface area contributed by atoms with Crippen LogP contribution < -0.4 is 14.5 Å². The predicted octanol–water partition coefficient (Wildman–Crippen LogP) is 4.31. The Labute approximate surface area is 177 Å². The molecule has 1 aromatic heterocycles. The molecule has 0 radical (unpaired) electrons. The molecule has 0 aliphatic carbocycles. The lowest BCUT2D eigenvalue weighted by Crippen LogP contribution is -2.37. The minimum absolute atomic E-state index is 0.170. The second-order valence-corrected chi connectivity index (χ2v) is 7.55. The number of hydrogen-bond acceptors (Lipinski definition) is 5. The van der Waals surface area contributed by atoms with E-state index in [9.17, 15) is 4.79 Å². The molecule has 2 aromatic carbocycles. The topological polar surface area (TPSA) is 48.9 Å². The summed E-state index contributed by atoms with van der Waals surface area (Å²) in [5, 5.41) is 0. The van der Waals surface area contributed by atoms with Crippen molar-refractivity contribution in [3.8, 4) is 11.5 Å². The zero-order valence-electron chi connectivity index (χ0n) is 17.3. The first kappa shape index (κ1) is 19.9. The van der Waals surface area contributed by atoms with Gasteiger partial charge in [0.05, 0.1) is 23.6 Å². The fourth-order valence-corrected chi connectivity index (χ4v) is 3.84. The molecule has 1 unspecified atom stereocenters. The standard InChI is InChI=1S/C24H26N4O2/c1-26-15-13-20(17-26)28(18-29)23-12-14-25-16-24(23)27(2)19-8-10-22(11-9-19)30-21-6-4-3-5-7-21/h3-12,14,16,18,20H,13,15,17H2,1-2H3. The number of hydrogen-bond donors (Lipinski definition) is 0. The summed E-state index contributed by atoms with van der Waals surface area (Å²) in [6.07, 6.45) is 5.44. The molecule has 1 atom stereocenters. The highest BCUT2D eigenvalue weighted by Crippen LogP contribution is 2.35. The number of carbonyl (C=O) groups is 1. The van der Waals surface area contributed by atoms with Crippen LogP contribution in [0.5, 0.6) is 11.5 Å². The van der Waals surface area contributed by atoms with Gasteiger partial charge in [-0.25, -0.2) is 0 Å². The fraction of sp³-hybridized carbons (Fsp3) is 0.250. The van der Waals surface area contributed by atoms with Crippen LogP contribution in [0.2, 0.25) is 0 Å². The predicted molar refractivity (Wildman–Crippen MR) is 120 cm³/mol. The number of pyridine rings is 1. The molecule has 1 aliphatic rings. The molecule has 154 valence electrons. The third kappa shape index (κ3) is 4.28. The molecular weight excluding hydrogens is 376 g/mol. The van der Waals surface area contributed by atoms with Gasteiger partial charge in [0.25, 0.3) is 0 Å². The quantitative estimate of drug-likeness (QED) is 0.551. The zero-order chi connectivity index (χ0) is 20.9. The Bertz CT molecular complexity index is 978. The Morgan fingerprint density at radius 1 is 1.03 bits per heavy atom. The summed E-state index contributed by atoms with van der Waals surface area (Å²) in [4.78, 5) is 22.4. The third-order valence-corrected chi connectivity index (χ3v) is 5.49. The minimum Gasteiger partial charge on any atom is -0.457 e. The van der Waals surface area contributed by atoms with E-state index in [1.807, 2.05) is 77.5 Å². The Morgan fingerprint density at radius 3 is 2.43 bits per heavy atom. The van der Waals surface area contributed by atoms with Crippen LogP contribution in [0.15, 0.2) is 73.1 Å². The van der Waals surface area contributed by atoms with Gasteiger partial charge in [-0.1, -0.05) is 18.2 Å². The Morgan fingerprint density at radius 2 is 1.77 bits per heavy atom. The van der Waals surface area contributed by atoms with E-state index in [-0.39, 0.29) is 6.04 Å². The molecule has 0 saturated carbocycles. The van der Waals surface area contributed by atoms with Crippen LogP contribution >= 0.6 is 0 Å². The number of ether oxygens (including phenoxy) is 1. The van der Waals surface area contributed by atoms with Crippen LogP contribution in [-0.4, -0.2) is 49.5 Å². The molecule has 1 fully saturated rings. The molecule has 0 bridgehead atoms. The van der Waals surface area contributed by atoms with Crippen molar-refractivity contribution >= 4 is 23.5 Å². The molecule has 1 saturated heterocycles. The van der Waals surface area contributed by atoms with Gasteiger partial charge in [-0.15, -0.1) is 0 Å². The largest absolute Gasteiger partial charge is 0.457 e. The summed E-state index contributed by atoms with van der Waals surface area (Å²) in [5.74, 6) is 1.57. The number of likely N-dealkylation sites (N-methyl/N-ethyl adjacent to an activating group) is 1. The maximum Gasteiger partial charge on any atom is 0.214 e. The van der Waals surface area contributed by atoms with Crippen molar-refractivity contribution in [1.29, 1.82) is 0 Å². The van der Waals surface area contributed by atoms with Crippen molar-refractivity contribution in [3.05, 3.63) is 73.1 Å². The second-order valence-electron chi connectivity index (χ2n) is 7.55. The molecule has 30 heavy (non-hydrogen) atoms. The molecule has 6 heteroatoms. The van der Waals surface area contributed by atoms with E-state index in [4.69, 9.17) is 4.74 Å². The maximum absolute atomic E-state index is 12.0. The van der Waals surface area contributed by atoms with Crippen LogP contribution in [0.3, 0.4) is 0 Å². The van der Waals surface area contributed by atoms with Crippen LogP contribution in [0, 0.1) is 0 Å². The molecule has 6 nitrogen and oxygen atoms in total. The van der Waals surface area contributed by atoms with Crippen molar-refractivity contribution in [2.75, 3.05) is 37.0 Å². The van der Waals surface area contributed by atoms with Crippen LogP contribution in [0.1, 0.15) is 6.42 Å². The van der Waals surface area contributed by atoms with Gasteiger partial charge in [0.2, 0.25) is 6.41 Å². The molecule has 1 amide bonds. The van der Waals surface area contributed by atoms with Crippen LogP contribution in [-0.2, 0) is 4.79 Å². The SMILES string of the molecule is CN1CCC(N(C=O)c2ccncc2N(C)c2ccc(Oc3ccccc3)cc2)C1. The van der Waals surface area contributed by atoms with Crippen molar-refractivity contribution in [3.63, 3.8) is 0 Å². The fourth-order valence-electron chi connectivity index (χ4n) is 3.84. The van der Waals surface area contributed by atoms with Gasteiger partial charge in [-0.3, -0.25) is 9.78 Å². The lowest BCUT2D eigenvalue weighted by atomic mass is 10.2. The molecule has 4 rings (SSSR count). The highest BCUT2D eigenvalue weighted by atomic mass is 16.5. The average Bonchev–Trinajstić information content (AvgIpc) is 3.21. The van der Waals surface area contributed by atoms with E-state index in [0.717, 1.165) is 54.5 Å². The number of anilines is 3. The molecule has 0 spiro atoms. The second kappa shape index (κ2) is 8.97. The summed E-state index contributed by atoms with van der Waals surface area (Å²) >= 11 is 0. The minimum atomic E-state index is 0.170. The van der Waals surface area contributed by atoms with Gasteiger partial charge in [-0.05, 0) is 62.5 Å². The van der Waals surface area contributed by atoms with E-state index < -0.39 is 0 Å². The molecule has 3 aromatic rings. The first-order chi connectivity index (χ1) is 14.7. The third-order valence-electron chi connectivity index (χ3n) is 5.49. The first-order valence-electron chi connectivity index (χ1n) is 10.1. The van der Waals surface area contributed by atoms with E-state index in [1.54, 1.807) is 12.4 Å². The molecule has 1 aliphatic heterocycles. The van der Waals surface area contributed by atoms with Crippen LogP contribution in [0.4, 0.5) is 17.1 Å². The van der Waals surface area contributed by atoms with E-state index in [0.29, 0.717) is 0 Å². The number of likely N-dealkylation sites (tertiary alicyclic amines) is 1. The lowest BCUT2D eigenvalue weighted by Gasteiger charge is -2.30. The first-order valence-corrected chi connectivity index (χ1v) is 10.1. The van der Waals surface area contributed by atoms with Crippen LogP contribution in [0.25, 0.3) is 0 Å². The molecule has 2 heterocycles. The summed E-state index contributed by atoms with van der Waals surface area (Å²) in [6, 6.07) is 19.7. The normalized spacial score (nSPS) is 16.3. The number of amides is 1. The molecular formula is C24H26N4O2. The van der Waals surface area contributed by atoms with Crippen molar-refractivity contribution in [2.45, 2.75) is 12.5 Å². The highest BCUT2D eigenvalue weighted by Gasteiger charge is 2.28. The number of nitrogens with zero attached hydrogens (tertiary/aromatic N) is 4. The monoisotopic (exact) mass is 402 g/mol. The van der Waals surface area contributed by atoms with Gasteiger partial charge in [0.1, 0.15) is 11.5 Å². The number of benzene rings is 2. The smallest absolute Gasteiger partial charge is 0.214 e. The number of carbonyl (C=O) groups excluding carboxylic acids is 1. The number of para-hydroxylation sites is 1. The maximum atomic E-state index is 12.0. The van der Waals surface area contributed by atoms with Gasteiger partial charge in [-0.2, -0.15) is 0 Å². The zero-order valence-corrected chi connectivity index (χ0v) is 17.3. The number of aromatic nitrogens is 1. The van der Waals surface area contributed by atoms with Crippen molar-refractivity contribution in [2.24, 2.45) is 0 Å². The summed E-state index contributed by atoms with van der Waals surface area (Å²) < 4.78 is 5.89. The Hall–Kier alpha value is -3.38. The van der Waals surface area contributed by atoms with E-state index in [1.165, 1.54) is 0 Å². The van der Waals surface area contributed by atoms with Crippen molar-refractivity contribution in [1.82, 2.24) is 9.88 Å². The van der Waals surface area contributed by atoms with E-state index >= 15 is 0 Å². The van der Waals surface area contributed by atoms with Crippen molar-refractivity contribution < 1.29 is 9.53 Å². The van der Waals surface area contributed by atoms with E-state index in [2.05, 4.69) is 16.9 Å². The highest BCUT2D eigenvalue weighted by molar-refractivity contribution is 5.86. The van der Waals surface area contributed by atoms with Gasteiger partial charge in [0.15, 0.2) is 0 Å². The Kier molecular flexibility index (Phi) is 5.95. The summed E-state index contributed by atoms with van der Waals surface area (Å²) in [6.45, 7) is 1.86. The average molecular weight is 402 g/mol. The molecule has 0 N–H and O–H groups in total. The van der Waals surface area contributed by atoms with Gasteiger partial charge < -0.3 is 19.4 Å². The summed E-state index contributed by atoms with van der Waals surface area (Å²) in [7, 11) is 4.07. The Balaban J connectivity index is 1.56. The van der Waals surface area contributed by atoms with Gasteiger partial charge >= 0.3 is 0 Å².